The lowest BCUT2D eigenvalue weighted by atomic mass is 9.91. The van der Waals surface area contributed by atoms with Crippen molar-refractivity contribution in [2.45, 2.75) is 44.6 Å². The van der Waals surface area contributed by atoms with Crippen molar-refractivity contribution in [2.24, 2.45) is 5.84 Å². The predicted octanol–water partition coefficient (Wildman–Crippen LogP) is 3.75. The highest BCUT2D eigenvalue weighted by molar-refractivity contribution is 5.30. The van der Waals surface area contributed by atoms with Crippen LogP contribution in [0.15, 0.2) is 29.8 Å². The van der Waals surface area contributed by atoms with E-state index in [1.165, 1.54) is 18.9 Å². The van der Waals surface area contributed by atoms with Crippen molar-refractivity contribution in [1.29, 1.82) is 0 Å². The Labute approximate surface area is 112 Å². The summed E-state index contributed by atoms with van der Waals surface area (Å²) in [6.45, 7) is 0. The normalized spacial score (nSPS) is 21.1. The fourth-order valence-electron chi connectivity index (χ4n) is 2.61. The first-order valence-electron chi connectivity index (χ1n) is 6.82. The summed E-state index contributed by atoms with van der Waals surface area (Å²) in [5.41, 5.74) is 3.98. The standard InChI is InChI=1S/C15H20F2N2/c16-12-8-9-14(17)13(10-12)15(19-18)11-6-4-2-1-3-5-7-11/h6,8-10,15,19H,1-5,7,18H2/b11-6+. The second kappa shape index (κ2) is 6.78. The summed E-state index contributed by atoms with van der Waals surface area (Å²) < 4.78 is 27.2. The Morgan fingerprint density at radius 1 is 1.11 bits per heavy atom. The second-order valence-corrected chi connectivity index (χ2v) is 5.00. The zero-order valence-corrected chi connectivity index (χ0v) is 11.0. The summed E-state index contributed by atoms with van der Waals surface area (Å²) in [5, 5.41) is 0. The van der Waals surface area contributed by atoms with Crippen LogP contribution in [0.25, 0.3) is 0 Å². The van der Waals surface area contributed by atoms with E-state index in [2.05, 4.69) is 11.5 Å². The SMILES string of the molecule is NNC(/C1=C/CCCCCC1)c1cc(F)ccc1F. The molecule has 19 heavy (non-hydrogen) atoms. The quantitative estimate of drug-likeness (QED) is 0.497. The molecule has 1 unspecified atom stereocenters. The lowest BCUT2D eigenvalue weighted by molar-refractivity contribution is 0.517. The van der Waals surface area contributed by atoms with Gasteiger partial charge in [-0.2, -0.15) is 0 Å². The van der Waals surface area contributed by atoms with Gasteiger partial charge in [0.1, 0.15) is 11.6 Å². The van der Waals surface area contributed by atoms with E-state index in [-0.39, 0.29) is 5.56 Å². The van der Waals surface area contributed by atoms with Crippen LogP contribution < -0.4 is 11.3 Å². The van der Waals surface area contributed by atoms with Gasteiger partial charge in [0.15, 0.2) is 0 Å². The van der Waals surface area contributed by atoms with Gasteiger partial charge in [0.05, 0.1) is 6.04 Å². The molecule has 0 saturated carbocycles. The van der Waals surface area contributed by atoms with Crippen molar-refractivity contribution < 1.29 is 8.78 Å². The number of hydrogen-bond acceptors (Lipinski definition) is 2. The van der Waals surface area contributed by atoms with Gasteiger partial charge < -0.3 is 0 Å². The van der Waals surface area contributed by atoms with E-state index < -0.39 is 17.7 Å². The molecule has 0 heterocycles. The number of rotatable bonds is 3. The maximum Gasteiger partial charge on any atom is 0.128 e. The molecule has 0 spiro atoms. The van der Waals surface area contributed by atoms with E-state index in [1.807, 2.05) is 0 Å². The molecule has 1 aromatic rings. The Bertz CT molecular complexity index is 457. The van der Waals surface area contributed by atoms with Crippen molar-refractivity contribution in [2.75, 3.05) is 0 Å². The van der Waals surface area contributed by atoms with Gasteiger partial charge in [-0.05, 0) is 43.9 Å². The lowest BCUT2D eigenvalue weighted by Crippen LogP contribution is -2.30. The Hall–Kier alpha value is -1.26. The highest BCUT2D eigenvalue weighted by Crippen LogP contribution is 2.30. The molecule has 0 radical (unpaired) electrons. The molecule has 3 N–H and O–H groups in total. The highest BCUT2D eigenvalue weighted by atomic mass is 19.1. The number of allylic oxidation sites excluding steroid dienone is 1. The zero-order valence-electron chi connectivity index (χ0n) is 11.0. The van der Waals surface area contributed by atoms with Crippen LogP contribution in [0, 0.1) is 11.6 Å². The van der Waals surface area contributed by atoms with Crippen LogP contribution in [0.1, 0.15) is 50.1 Å². The molecule has 0 fully saturated rings. The van der Waals surface area contributed by atoms with Crippen molar-refractivity contribution in [3.05, 3.63) is 47.0 Å². The van der Waals surface area contributed by atoms with Gasteiger partial charge in [0, 0.05) is 5.56 Å². The summed E-state index contributed by atoms with van der Waals surface area (Å²) in [6, 6.07) is 3.06. The maximum atomic E-state index is 13.9. The molecule has 0 amide bonds. The summed E-state index contributed by atoms with van der Waals surface area (Å²) in [4.78, 5) is 0. The fourth-order valence-corrected chi connectivity index (χ4v) is 2.61. The van der Waals surface area contributed by atoms with Crippen LogP contribution >= 0.6 is 0 Å². The van der Waals surface area contributed by atoms with E-state index >= 15 is 0 Å². The first-order valence-corrected chi connectivity index (χ1v) is 6.82. The topological polar surface area (TPSA) is 38.0 Å². The number of halogens is 2. The first kappa shape index (κ1) is 14.2. The van der Waals surface area contributed by atoms with Gasteiger partial charge >= 0.3 is 0 Å². The maximum absolute atomic E-state index is 13.9. The minimum Gasteiger partial charge on any atom is -0.271 e. The van der Waals surface area contributed by atoms with Crippen molar-refractivity contribution >= 4 is 0 Å². The lowest BCUT2D eigenvalue weighted by Gasteiger charge is -2.22. The molecule has 2 rings (SSSR count). The Kier molecular flexibility index (Phi) is 5.05. The minimum absolute atomic E-state index is 0.286. The summed E-state index contributed by atoms with van der Waals surface area (Å²) in [6.07, 6.45) is 8.61. The van der Waals surface area contributed by atoms with Gasteiger partial charge in [0.2, 0.25) is 0 Å². The van der Waals surface area contributed by atoms with E-state index in [1.54, 1.807) is 0 Å². The van der Waals surface area contributed by atoms with E-state index in [9.17, 15) is 8.78 Å². The molecular formula is C15H20F2N2. The molecule has 2 nitrogen and oxygen atoms in total. The third-order valence-corrected chi connectivity index (χ3v) is 3.63. The smallest absolute Gasteiger partial charge is 0.128 e. The number of nitrogens with one attached hydrogen (secondary N) is 1. The number of hydrogen-bond donors (Lipinski definition) is 2. The van der Waals surface area contributed by atoms with Crippen LogP contribution in [-0.2, 0) is 0 Å². The summed E-state index contributed by atoms with van der Waals surface area (Å²) in [7, 11) is 0. The average molecular weight is 266 g/mol. The van der Waals surface area contributed by atoms with Crippen LogP contribution in [0.5, 0.6) is 0 Å². The van der Waals surface area contributed by atoms with Crippen LogP contribution in [0.4, 0.5) is 8.78 Å². The average Bonchev–Trinajstić information content (AvgIpc) is 2.36. The van der Waals surface area contributed by atoms with Gasteiger partial charge in [0.25, 0.3) is 0 Å². The van der Waals surface area contributed by atoms with Crippen molar-refractivity contribution in [3.8, 4) is 0 Å². The largest absolute Gasteiger partial charge is 0.271 e. The van der Waals surface area contributed by atoms with Crippen LogP contribution in [0.2, 0.25) is 0 Å². The molecule has 104 valence electrons. The molecule has 1 aliphatic rings. The van der Waals surface area contributed by atoms with E-state index in [4.69, 9.17) is 5.84 Å². The molecule has 0 saturated heterocycles. The molecule has 0 aliphatic heterocycles. The molecule has 4 heteroatoms. The van der Waals surface area contributed by atoms with Gasteiger partial charge in [-0.15, -0.1) is 0 Å². The fraction of sp³-hybridized carbons (Fsp3) is 0.467. The Balaban J connectivity index is 2.29. The third kappa shape index (κ3) is 3.61. The zero-order chi connectivity index (χ0) is 13.7. The van der Waals surface area contributed by atoms with Crippen molar-refractivity contribution in [1.82, 2.24) is 5.43 Å². The van der Waals surface area contributed by atoms with Gasteiger partial charge in [-0.1, -0.05) is 24.5 Å². The molecule has 1 aliphatic carbocycles. The molecule has 0 bridgehead atoms. The number of benzene rings is 1. The monoisotopic (exact) mass is 266 g/mol. The highest BCUT2D eigenvalue weighted by Gasteiger charge is 2.19. The third-order valence-electron chi connectivity index (χ3n) is 3.63. The predicted molar refractivity (Wildman–Crippen MR) is 72.2 cm³/mol. The number of nitrogens with two attached hydrogens (primary N) is 1. The second-order valence-electron chi connectivity index (χ2n) is 5.00. The minimum atomic E-state index is -0.442. The molecule has 0 aromatic heterocycles. The molecular weight excluding hydrogens is 246 g/mol. The molecule has 1 atom stereocenters. The first-order chi connectivity index (χ1) is 9.22. The Morgan fingerprint density at radius 2 is 1.89 bits per heavy atom. The van der Waals surface area contributed by atoms with E-state index in [0.717, 1.165) is 43.4 Å². The van der Waals surface area contributed by atoms with Gasteiger partial charge in [-0.3, -0.25) is 5.84 Å². The van der Waals surface area contributed by atoms with Crippen LogP contribution in [0.3, 0.4) is 0 Å². The van der Waals surface area contributed by atoms with Crippen LogP contribution in [-0.4, -0.2) is 0 Å². The molecule has 1 aromatic carbocycles. The Morgan fingerprint density at radius 3 is 2.68 bits per heavy atom. The van der Waals surface area contributed by atoms with E-state index in [0.29, 0.717) is 0 Å². The summed E-state index contributed by atoms with van der Waals surface area (Å²) in [5.74, 6) is 4.70. The summed E-state index contributed by atoms with van der Waals surface area (Å²) >= 11 is 0. The van der Waals surface area contributed by atoms with Gasteiger partial charge in [-0.25, -0.2) is 14.2 Å². The van der Waals surface area contributed by atoms with Crippen molar-refractivity contribution in [3.63, 3.8) is 0 Å². The number of hydrazine groups is 1.